The first-order valence-electron chi connectivity index (χ1n) is 5.75. The summed E-state index contributed by atoms with van der Waals surface area (Å²) in [6, 6.07) is 2.02. The number of benzene rings is 1. The molecule has 1 aromatic heterocycles. The van der Waals surface area contributed by atoms with E-state index in [4.69, 9.17) is 11.6 Å². The van der Waals surface area contributed by atoms with Crippen LogP contribution in [0, 0.1) is 22.9 Å². The summed E-state index contributed by atoms with van der Waals surface area (Å²) in [4.78, 5) is 10.3. The lowest BCUT2D eigenvalue weighted by Crippen LogP contribution is -2.03. The van der Waals surface area contributed by atoms with Crippen LogP contribution in [0.25, 0.3) is 0 Å². The zero-order valence-corrected chi connectivity index (χ0v) is 11.6. The highest BCUT2D eigenvalue weighted by Gasteiger charge is 2.18. The number of aromatic nitrogens is 2. The van der Waals surface area contributed by atoms with Crippen molar-refractivity contribution in [1.29, 1.82) is 0 Å². The summed E-state index contributed by atoms with van der Waals surface area (Å²) in [6.45, 7) is 2.17. The van der Waals surface area contributed by atoms with Crippen molar-refractivity contribution in [2.24, 2.45) is 7.05 Å². The molecule has 0 unspecified atom stereocenters. The van der Waals surface area contributed by atoms with Crippen LogP contribution in [0.1, 0.15) is 11.3 Å². The number of nitro groups is 1. The van der Waals surface area contributed by atoms with Gasteiger partial charge in [0.1, 0.15) is 11.5 Å². The van der Waals surface area contributed by atoms with Gasteiger partial charge in [-0.15, -0.1) is 0 Å². The Labute approximate surface area is 119 Å². The molecule has 1 aromatic carbocycles. The van der Waals surface area contributed by atoms with Crippen LogP contribution in [0.2, 0.25) is 5.02 Å². The zero-order valence-electron chi connectivity index (χ0n) is 10.9. The van der Waals surface area contributed by atoms with Gasteiger partial charge < -0.3 is 5.32 Å². The first-order valence-corrected chi connectivity index (χ1v) is 6.12. The van der Waals surface area contributed by atoms with Gasteiger partial charge in [0.05, 0.1) is 21.7 Å². The maximum Gasteiger partial charge on any atom is 0.295 e. The number of nitrogens with one attached hydrogen (secondary N) is 1. The number of aryl methyl sites for hydroxylation is 2. The standard InChI is InChI=1S/C12H12ClFN4O2/c1-7-8(6-17(2)16-7)5-15-11-3-9(13)10(14)4-12(11)18(19)20/h3-4,6,15H,5H2,1-2H3. The maximum atomic E-state index is 13.3. The lowest BCUT2D eigenvalue weighted by atomic mass is 10.2. The molecular weight excluding hydrogens is 287 g/mol. The molecular formula is C12H12ClFN4O2. The quantitative estimate of drug-likeness (QED) is 0.695. The third kappa shape index (κ3) is 2.88. The molecule has 0 saturated carbocycles. The molecule has 6 nitrogen and oxygen atoms in total. The van der Waals surface area contributed by atoms with Crippen molar-refractivity contribution in [2.75, 3.05) is 5.32 Å². The Kier molecular flexibility index (Phi) is 3.89. The van der Waals surface area contributed by atoms with Crippen LogP contribution in [0.3, 0.4) is 0 Å². The molecule has 8 heteroatoms. The first-order chi connectivity index (χ1) is 9.38. The second kappa shape index (κ2) is 5.46. The van der Waals surface area contributed by atoms with Crippen molar-refractivity contribution in [3.63, 3.8) is 0 Å². The van der Waals surface area contributed by atoms with Gasteiger partial charge in [-0.25, -0.2) is 4.39 Å². The predicted molar refractivity (Wildman–Crippen MR) is 73.3 cm³/mol. The molecule has 0 saturated heterocycles. The zero-order chi connectivity index (χ0) is 14.9. The highest BCUT2D eigenvalue weighted by Crippen LogP contribution is 2.30. The van der Waals surface area contributed by atoms with Gasteiger partial charge in [0.15, 0.2) is 0 Å². The number of hydrogen-bond acceptors (Lipinski definition) is 4. The molecule has 0 spiro atoms. The number of nitro benzene ring substituents is 1. The van der Waals surface area contributed by atoms with Crippen molar-refractivity contribution >= 4 is 23.0 Å². The Hall–Kier alpha value is -2.15. The Morgan fingerprint density at radius 2 is 2.25 bits per heavy atom. The monoisotopic (exact) mass is 298 g/mol. The van der Waals surface area contributed by atoms with E-state index in [0.29, 0.717) is 6.54 Å². The van der Waals surface area contributed by atoms with E-state index < -0.39 is 10.7 Å². The van der Waals surface area contributed by atoms with Crippen molar-refractivity contribution in [3.8, 4) is 0 Å². The summed E-state index contributed by atoms with van der Waals surface area (Å²) in [6.07, 6.45) is 1.80. The molecule has 1 heterocycles. The summed E-state index contributed by atoms with van der Waals surface area (Å²) >= 11 is 5.65. The van der Waals surface area contributed by atoms with Gasteiger partial charge in [-0.1, -0.05) is 11.6 Å². The lowest BCUT2D eigenvalue weighted by molar-refractivity contribution is -0.384. The second-order valence-electron chi connectivity index (χ2n) is 4.31. The van der Waals surface area contributed by atoms with Gasteiger partial charge in [-0.2, -0.15) is 5.10 Å². The molecule has 2 rings (SSSR count). The summed E-state index contributed by atoms with van der Waals surface area (Å²) in [5, 5.41) is 17.8. The van der Waals surface area contributed by atoms with Crippen molar-refractivity contribution < 1.29 is 9.31 Å². The van der Waals surface area contributed by atoms with Gasteiger partial charge in [0, 0.05) is 25.4 Å². The van der Waals surface area contributed by atoms with E-state index >= 15 is 0 Å². The highest BCUT2D eigenvalue weighted by molar-refractivity contribution is 6.31. The highest BCUT2D eigenvalue weighted by atomic mass is 35.5. The molecule has 0 aliphatic heterocycles. The SMILES string of the molecule is Cc1nn(C)cc1CNc1cc(Cl)c(F)cc1[N+](=O)[O-]. The van der Waals surface area contributed by atoms with Gasteiger partial charge in [0.2, 0.25) is 0 Å². The molecule has 20 heavy (non-hydrogen) atoms. The fourth-order valence-corrected chi connectivity index (χ4v) is 2.01. The predicted octanol–water partition coefficient (Wildman–Crippen LogP) is 3.04. The molecule has 1 N–H and O–H groups in total. The smallest absolute Gasteiger partial charge is 0.295 e. The van der Waals surface area contributed by atoms with Crippen LogP contribution in [0.15, 0.2) is 18.3 Å². The Morgan fingerprint density at radius 3 is 2.80 bits per heavy atom. The Morgan fingerprint density at radius 1 is 1.55 bits per heavy atom. The molecule has 0 fully saturated rings. The molecule has 0 aliphatic rings. The van der Waals surface area contributed by atoms with Crippen molar-refractivity contribution in [3.05, 3.63) is 50.5 Å². The number of hydrogen-bond donors (Lipinski definition) is 1. The molecule has 0 amide bonds. The van der Waals surface area contributed by atoms with E-state index in [9.17, 15) is 14.5 Å². The summed E-state index contributed by atoms with van der Waals surface area (Å²) < 4.78 is 14.9. The van der Waals surface area contributed by atoms with E-state index in [1.54, 1.807) is 17.9 Å². The Bertz CT molecular complexity index is 672. The molecule has 106 valence electrons. The lowest BCUT2D eigenvalue weighted by Gasteiger charge is -2.07. The fourth-order valence-electron chi connectivity index (χ4n) is 1.84. The van der Waals surface area contributed by atoms with Crippen LogP contribution in [-0.4, -0.2) is 14.7 Å². The van der Waals surface area contributed by atoms with E-state index in [1.807, 2.05) is 6.92 Å². The summed E-state index contributed by atoms with van der Waals surface area (Å²) in [7, 11) is 1.79. The molecule has 0 radical (unpaired) electrons. The van der Waals surface area contributed by atoms with E-state index in [0.717, 1.165) is 17.3 Å². The van der Waals surface area contributed by atoms with Gasteiger partial charge in [-0.05, 0) is 13.0 Å². The molecule has 0 bridgehead atoms. The minimum Gasteiger partial charge on any atom is -0.375 e. The van der Waals surface area contributed by atoms with Crippen molar-refractivity contribution in [2.45, 2.75) is 13.5 Å². The topological polar surface area (TPSA) is 73.0 Å². The van der Waals surface area contributed by atoms with Crippen LogP contribution in [-0.2, 0) is 13.6 Å². The summed E-state index contributed by atoms with van der Waals surface area (Å²) in [5.41, 5.74) is 1.52. The van der Waals surface area contributed by atoms with Crippen LogP contribution < -0.4 is 5.32 Å². The summed E-state index contributed by atoms with van der Waals surface area (Å²) in [5.74, 6) is -0.818. The first kappa shape index (κ1) is 14.3. The number of nitrogens with zero attached hydrogens (tertiary/aromatic N) is 3. The maximum absolute atomic E-state index is 13.3. The molecule has 0 atom stereocenters. The van der Waals surface area contributed by atoms with Crippen molar-refractivity contribution in [1.82, 2.24) is 9.78 Å². The number of anilines is 1. The molecule has 0 aliphatic carbocycles. The minimum atomic E-state index is -0.818. The van der Waals surface area contributed by atoms with E-state index in [2.05, 4.69) is 10.4 Å². The Balaban J connectivity index is 2.27. The largest absolute Gasteiger partial charge is 0.375 e. The third-order valence-corrected chi connectivity index (χ3v) is 3.11. The molecule has 2 aromatic rings. The number of halogens is 2. The number of rotatable bonds is 4. The normalized spacial score (nSPS) is 10.6. The second-order valence-corrected chi connectivity index (χ2v) is 4.71. The minimum absolute atomic E-state index is 0.166. The van der Waals surface area contributed by atoms with Crippen LogP contribution in [0.4, 0.5) is 15.8 Å². The van der Waals surface area contributed by atoms with Crippen LogP contribution in [0.5, 0.6) is 0 Å². The van der Waals surface area contributed by atoms with E-state index in [-0.39, 0.29) is 16.4 Å². The van der Waals surface area contributed by atoms with E-state index in [1.165, 1.54) is 6.07 Å². The average Bonchev–Trinajstić information content (AvgIpc) is 2.68. The third-order valence-electron chi connectivity index (χ3n) is 2.82. The average molecular weight is 299 g/mol. The van der Waals surface area contributed by atoms with Gasteiger partial charge in [-0.3, -0.25) is 14.8 Å². The fraction of sp³-hybridized carbons (Fsp3) is 0.250. The van der Waals surface area contributed by atoms with Gasteiger partial charge >= 0.3 is 0 Å². The van der Waals surface area contributed by atoms with Crippen LogP contribution >= 0.6 is 11.6 Å². The van der Waals surface area contributed by atoms with Gasteiger partial charge in [0.25, 0.3) is 5.69 Å².